The van der Waals surface area contributed by atoms with Crippen molar-refractivity contribution in [3.63, 3.8) is 0 Å². The van der Waals surface area contributed by atoms with E-state index < -0.39 is 0 Å². The van der Waals surface area contributed by atoms with E-state index in [1.807, 2.05) is 7.05 Å². The van der Waals surface area contributed by atoms with Gasteiger partial charge in [0.2, 0.25) is 0 Å². The predicted molar refractivity (Wildman–Crippen MR) is 123 cm³/mol. The maximum atomic E-state index is 4.34. The summed E-state index contributed by atoms with van der Waals surface area (Å²) in [5.41, 5.74) is 5.13. The number of fused-ring (bicyclic) bond motifs is 1. The number of aromatic amines is 1. The molecule has 1 heterocycles. The molecule has 0 unspecified atom stereocenters. The molecule has 1 aromatic heterocycles. The number of nitrogens with zero attached hydrogens (tertiary/aromatic N) is 2. The number of hydrogen-bond acceptors (Lipinski definition) is 2. The second-order valence-electron chi connectivity index (χ2n) is 7.24. The van der Waals surface area contributed by atoms with Gasteiger partial charge in [-0.2, -0.15) is 0 Å². The summed E-state index contributed by atoms with van der Waals surface area (Å²) in [6.45, 7) is 9.19. The fourth-order valence-electron chi connectivity index (χ4n) is 3.53. The first-order valence-electron chi connectivity index (χ1n) is 10.5. The summed E-state index contributed by atoms with van der Waals surface area (Å²) in [6, 6.07) is 17.3. The van der Waals surface area contributed by atoms with Gasteiger partial charge < -0.3 is 15.6 Å². The van der Waals surface area contributed by atoms with Crippen LogP contribution in [0.2, 0.25) is 0 Å². The van der Waals surface area contributed by atoms with Gasteiger partial charge in [0.05, 0.1) is 0 Å². The molecule has 0 aliphatic carbocycles. The predicted octanol–water partition coefficient (Wildman–Crippen LogP) is 3.92. The van der Waals surface area contributed by atoms with E-state index in [4.69, 9.17) is 0 Å². The molecule has 29 heavy (non-hydrogen) atoms. The van der Waals surface area contributed by atoms with E-state index in [-0.39, 0.29) is 0 Å². The monoisotopic (exact) mass is 391 g/mol. The van der Waals surface area contributed by atoms with Crippen LogP contribution >= 0.6 is 0 Å². The molecule has 5 nitrogen and oxygen atoms in total. The summed E-state index contributed by atoms with van der Waals surface area (Å²) in [7, 11) is 1.81. The van der Waals surface area contributed by atoms with Crippen LogP contribution in [0, 0.1) is 0 Å². The lowest BCUT2D eigenvalue weighted by molar-refractivity contribution is 0.296. The molecule has 0 fully saturated rings. The van der Waals surface area contributed by atoms with Gasteiger partial charge in [0.25, 0.3) is 0 Å². The van der Waals surface area contributed by atoms with Gasteiger partial charge in [0.1, 0.15) is 0 Å². The summed E-state index contributed by atoms with van der Waals surface area (Å²) < 4.78 is 0. The molecule has 3 N–H and O–H groups in total. The highest BCUT2D eigenvalue weighted by molar-refractivity contribution is 5.83. The average molecular weight is 392 g/mol. The lowest BCUT2D eigenvalue weighted by Gasteiger charge is -2.18. The minimum Gasteiger partial charge on any atom is -0.361 e. The number of H-pyrrole nitrogens is 1. The minimum absolute atomic E-state index is 0.762. The highest BCUT2D eigenvalue weighted by atomic mass is 15.2. The van der Waals surface area contributed by atoms with Crippen LogP contribution in [0.3, 0.4) is 0 Å². The minimum atomic E-state index is 0.762. The molecule has 3 aromatic rings. The van der Waals surface area contributed by atoms with Crippen LogP contribution in [0.4, 0.5) is 0 Å². The van der Waals surface area contributed by atoms with Gasteiger partial charge in [-0.3, -0.25) is 9.89 Å². The largest absolute Gasteiger partial charge is 0.361 e. The maximum absolute atomic E-state index is 4.34. The maximum Gasteiger partial charge on any atom is 0.191 e. The molecule has 0 bridgehead atoms. The highest BCUT2D eigenvalue weighted by Gasteiger charge is 2.04. The summed E-state index contributed by atoms with van der Waals surface area (Å²) in [6.07, 6.45) is 3.05. The molecule has 5 heteroatoms. The molecule has 0 saturated carbocycles. The smallest absolute Gasteiger partial charge is 0.191 e. The zero-order valence-corrected chi connectivity index (χ0v) is 17.8. The molecule has 0 atom stereocenters. The second kappa shape index (κ2) is 10.7. The fourth-order valence-corrected chi connectivity index (χ4v) is 3.53. The van der Waals surface area contributed by atoms with Crippen molar-refractivity contribution < 1.29 is 0 Å². The molecule has 0 aliphatic heterocycles. The Hall–Kier alpha value is -2.79. The van der Waals surface area contributed by atoms with Gasteiger partial charge in [0.15, 0.2) is 5.96 Å². The lowest BCUT2D eigenvalue weighted by Crippen LogP contribution is -2.37. The molecule has 2 aromatic carbocycles. The van der Waals surface area contributed by atoms with Gasteiger partial charge >= 0.3 is 0 Å². The molecule has 154 valence electrons. The summed E-state index contributed by atoms with van der Waals surface area (Å²) in [5.74, 6) is 0.831. The number of nitrogens with one attached hydrogen (secondary N) is 3. The van der Waals surface area contributed by atoms with Crippen LogP contribution in [0.15, 0.2) is 59.7 Å². The number of para-hydroxylation sites is 1. The van der Waals surface area contributed by atoms with Gasteiger partial charge in [-0.05, 0) is 42.3 Å². The van der Waals surface area contributed by atoms with Crippen LogP contribution in [-0.4, -0.2) is 42.5 Å². The Bertz CT molecular complexity index is 906. The molecular weight excluding hydrogens is 358 g/mol. The standard InChI is InChI=1S/C24H33N5/c1-4-29(5-2)18-20-12-10-19(11-13-20)16-28-24(25-3)26-15-14-21-17-27-23-9-7-6-8-22(21)23/h6-13,17,27H,4-5,14-16,18H2,1-3H3,(H2,25,26,28). The van der Waals surface area contributed by atoms with Crippen molar-refractivity contribution in [3.05, 3.63) is 71.4 Å². The third kappa shape index (κ3) is 5.84. The first-order valence-corrected chi connectivity index (χ1v) is 10.5. The van der Waals surface area contributed by atoms with Crippen LogP contribution in [0.25, 0.3) is 10.9 Å². The highest BCUT2D eigenvalue weighted by Crippen LogP contribution is 2.17. The zero-order valence-electron chi connectivity index (χ0n) is 17.8. The van der Waals surface area contributed by atoms with E-state index in [2.05, 4.69) is 94.1 Å². The Kier molecular flexibility index (Phi) is 7.70. The van der Waals surface area contributed by atoms with Gasteiger partial charge in [-0.15, -0.1) is 0 Å². The number of aromatic nitrogens is 1. The van der Waals surface area contributed by atoms with Crippen LogP contribution in [0.1, 0.15) is 30.5 Å². The average Bonchev–Trinajstić information content (AvgIpc) is 3.18. The van der Waals surface area contributed by atoms with Crippen LogP contribution in [-0.2, 0) is 19.5 Å². The lowest BCUT2D eigenvalue weighted by atomic mass is 10.1. The first kappa shape index (κ1) is 20.9. The zero-order chi connectivity index (χ0) is 20.5. The number of rotatable bonds is 9. The SMILES string of the molecule is CCN(CC)Cc1ccc(CNC(=NC)NCCc2c[nH]c3ccccc23)cc1. The van der Waals surface area contributed by atoms with Crippen molar-refractivity contribution >= 4 is 16.9 Å². The third-order valence-corrected chi connectivity index (χ3v) is 5.37. The van der Waals surface area contributed by atoms with E-state index in [1.165, 1.54) is 27.6 Å². The van der Waals surface area contributed by atoms with Crippen LogP contribution < -0.4 is 10.6 Å². The molecular formula is C24H33N5. The van der Waals surface area contributed by atoms with Crippen molar-refractivity contribution in [2.45, 2.75) is 33.4 Å². The number of guanidine groups is 1. The normalized spacial score (nSPS) is 11.9. The molecule has 0 saturated heterocycles. The number of aliphatic imine (C=N–C) groups is 1. The fraction of sp³-hybridized carbons (Fsp3) is 0.375. The molecule has 3 rings (SSSR count). The van der Waals surface area contributed by atoms with Crippen molar-refractivity contribution in [2.24, 2.45) is 4.99 Å². The van der Waals surface area contributed by atoms with Crippen molar-refractivity contribution in [2.75, 3.05) is 26.7 Å². The van der Waals surface area contributed by atoms with E-state index in [0.717, 1.165) is 45.1 Å². The number of benzene rings is 2. The van der Waals surface area contributed by atoms with E-state index >= 15 is 0 Å². The molecule has 0 spiro atoms. The summed E-state index contributed by atoms with van der Waals surface area (Å²) >= 11 is 0. The Labute approximate surface area is 174 Å². The topological polar surface area (TPSA) is 55.4 Å². The molecule has 0 amide bonds. The Morgan fingerprint density at radius 1 is 0.966 bits per heavy atom. The van der Waals surface area contributed by atoms with E-state index in [1.54, 1.807) is 0 Å². The van der Waals surface area contributed by atoms with Crippen molar-refractivity contribution in [1.29, 1.82) is 0 Å². The van der Waals surface area contributed by atoms with E-state index in [0.29, 0.717) is 0 Å². The molecule has 0 aliphatic rings. The summed E-state index contributed by atoms with van der Waals surface area (Å²) in [4.78, 5) is 10.1. The second-order valence-corrected chi connectivity index (χ2v) is 7.24. The van der Waals surface area contributed by atoms with Crippen molar-refractivity contribution in [3.8, 4) is 0 Å². The summed E-state index contributed by atoms with van der Waals surface area (Å²) in [5, 5.41) is 8.11. The quantitative estimate of drug-likeness (QED) is 0.383. The van der Waals surface area contributed by atoms with Crippen molar-refractivity contribution in [1.82, 2.24) is 20.5 Å². The first-order chi connectivity index (χ1) is 14.2. The Morgan fingerprint density at radius 3 is 2.41 bits per heavy atom. The Morgan fingerprint density at radius 2 is 1.69 bits per heavy atom. The van der Waals surface area contributed by atoms with Gasteiger partial charge in [-0.1, -0.05) is 56.3 Å². The van der Waals surface area contributed by atoms with Crippen LogP contribution in [0.5, 0.6) is 0 Å². The third-order valence-electron chi connectivity index (χ3n) is 5.37. The number of hydrogen-bond donors (Lipinski definition) is 3. The Balaban J connectivity index is 1.45. The van der Waals surface area contributed by atoms with E-state index in [9.17, 15) is 0 Å². The molecule has 0 radical (unpaired) electrons. The van der Waals surface area contributed by atoms with Gasteiger partial charge in [-0.25, -0.2) is 0 Å². The van der Waals surface area contributed by atoms with Gasteiger partial charge in [0, 0.05) is 43.8 Å².